The van der Waals surface area contributed by atoms with Gasteiger partial charge in [0.1, 0.15) is 5.69 Å². The zero-order chi connectivity index (χ0) is 19.2. The molecule has 5 nitrogen and oxygen atoms in total. The lowest BCUT2D eigenvalue weighted by molar-refractivity contribution is -0.148. The fraction of sp³-hybridized carbons (Fsp3) is 0.588. The third kappa shape index (κ3) is 6.36. The second-order valence-electron chi connectivity index (χ2n) is 6.31. The molecule has 0 saturated heterocycles. The highest BCUT2D eigenvalue weighted by Gasteiger charge is 2.32. The molecule has 0 bridgehead atoms. The van der Waals surface area contributed by atoms with Crippen LogP contribution in [0.1, 0.15) is 45.4 Å². The van der Waals surface area contributed by atoms with E-state index in [0.29, 0.717) is 18.4 Å². The number of nitrogens with one attached hydrogen (secondary N) is 1. The summed E-state index contributed by atoms with van der Waals surface area (Å²) in [6, 6.07) is 2.29. The maximum absolute atomic E-state index is 12.6. The second kappa shape index (κ2) is 8.82. The quantitative estimate of drug-likeness (QED) is 0.628. The molecule has 2 amide bonds. The number of carbonyl (C=O) groups excluding carboxylic acids is 2. The van der Waals surface area contributed by atoms with E-state index in [2.05, 4.69) is 10.3 Å². The van der Waals surface area contributed by atoms with E-state index >= 15 is 0 Å². The van der Waals surface area contributed by atoms with Gasteiger partial charge in [-0.15, -0.1) is 0 Å². The van der Waals surface area contributed by atoms with Crippen LogP contribution in [0.2, 0.25) is 0 Å². The Hall–Kier alpha value is -2.12. The Morgan fingerprint density at radius 2 is 1.80 bits per heavy atom. The summed E-state index contributed by atoms with van der Waals surface area (Å²) >= 11 is 0. The normalized spacial score (nSPS) is 11.7. The first-order valence-corrected chi connectivity index (χ1v) is 8.16. The van der Waals surface area contributed by atoms with Gasteiger partial charge < -0.3 is 10.2 Å². The van der Waals surface area contributed by atoms with Gasteiger partial charge in [0.05, 0.1) is 0 Å². The van der Waals surface area contributed by atoms with Crippen molar-refractivity contribution in [1.29, 1.82) is 0 Å². The van der Waals surface area contributed by atoms with Crippen molar-refractivity contribution in [3.63, 3.8) is 0 Å². The van der Waals surface area contributed by atoms with Gasteiger partial charge in [0.15, 0.2) is 0 Å². The van der Waals surface area contributed by atoms with E-state index in [0.717, 1.165) is 12.3 Å². The van der Waals surface area contributed by atoms with Crippen LogP contribution in [-0.2, 0) is 22.2 Å². The van der Waals surface area contributed by atoms with Crippen LogP contribution in [0, 0.1) is 0 Å². The summed E-state index contributed by atoms with van der Waals surface area (Å²) in [5, 5.41) is 2.52. The first-order chi connectivity index (χ1) is 11.5. The number of rotatable bonds is 6. The number of carbonyl (C=O) groups is 2. The van der Waals surface area contributed by atoms with Crippen molar-refractivity contribution in [3.05, 3.63) is 29.6 Å². The van der Waals surface area contributed by atoms with Gasteiger partial charge in [-0.05, 0) is 58.2 Å². The molecule has 0 aliphatic heterocycles. The summed E-state index contributed by atoms with van der Waals surface area (Å²) in [5.74, 6) is -1.30. The molecule has 0 aliphatic carbocycles. The van der Waals surface area contributed by atoms with Gasteiger partial charge in [0.25, 0.3) is 0 Å². The molecule has 0 aliphatic rings. The Morgan fingerprint density at radius 1 is 1.20 bits per heavy atom. The van der Waals surface area contributed by atoms with Gasteiger partial charge in [-0.3, -0.25) is 14.6 Å². The molecule has 8 heteroatoms. The molecule has 0 radical (unpaired) electrons. The number of hydrogen-bond donors (Lipinski definition) is 1. The number of halogens is 3. The van der Waals surface area contributed by atoms with E-state index < -0.39 is 23.7 Å². The zero-order valence-corrected chi connectivity index (χ0v) is 14.9. The minimum absolute atomic E-state index is 0.101. The molecule has 0 spiro atoms. The molecule has 0 saturated carbocycles. The molecule has 0 unspecified atom stereocenters. The van der Waals surface area contributed by atoms with E-state index in [4.69, 9.17) is 0 Å². The summed E-state index contributed by atoms with van der Waals surface area (Å²) in [7, 11) is 0. The van der Waals surface area contributed by atoms with E-state index in [1.807, 2.05) is 27.7 Å². The molecule has 25 heavy (non-hydrogen) atoms. The molecular formula is C17H24F3N3O2. The predicted octanol–water partition coefficient (Wildman–Crippen LogP) is 2.79. The van der Waals surface area contributed by atoms with Crippen molar-refractivity contribution >= 4 is 11.8 Å². The standard InChI is InChI=1S/C17H24F3N3O2/c1-11(2)23(12(3)4)16(25)15(24)22-8-5-6-13-7-9-21-14(10-13)17(18,19)20/h7,9-12H,5-6,8H2,1-4H3,(H,22,24). The molecule has 1 heterocycles. The lowest BCUT2D eigenvalue weighted by Gasteiger charge is -2.29. The van der Waals surface area contributed by atoms with Gasteiger partial charge in [0, 0.05) is 24.8 Å². The summed E-state index contributed by atoms with van der Waals surface area (Å²) in [4.78, 5) is 28.8. The van der Waals surface area contributed by atoms with Crippen molar-refractivity contribution in [1.82, 2.24) is 15.2 Å². The molecule has 140 valence electrons. The molecule has 1 aromatic rings. The van der Waals surface area contributed by atoms with E-state index in [1.54, 1.807) is 0 Å². The first kappa shape index (κ1) is 20.9. The van der Waals surface area contributed by atoms with Gasteiger partial charge in [-0.25, -0.2) is 0 Å². The maximum Gasteiger partial charge on any atom is 0.433 e. The molecule has 1 N–H and O–H groups in total. The molecule has 0 fully saturated rings. The molecule has 1 aromatic heterocycles. The largest absolute Gasteiger partial charge is 0.433 e. The van der Waals surface area contributed by atoms with Crippen LogP contribution in [0.25, 0.3) is 0 Å². The van der Waals surface area contributed by atoms with Gasteiger partial charge >= 0.3 is 18.0 Å². The lowest BCUT2D eigenvalue weighted by atomic mass is 10.1. The zero-order valence-electron chi connectivity index (χ0n) is 14.9. The number of nitrogens with zero attached hydrogens (tertiary/aromatic N) is 2. The molecular weight excluding hydrogens is 335 g/mol. The number of pyridine rings is 1. The van der Waals surface area contributed by atoms with Crippen molar-refractivity contribution in [2.24, 2.45) is 0 Å². The number of hydrogen-bond acceptors (Lipinski definition) is 3. The van der Waals surface area contributed by atoms with Crippen molar-refractivity contribution in [2.75, 3.05) is 6.54 Å². The van der Waals surface area contributed by atoms with E-state index in [1.165, 1.54) is 11.0 Å². The first-order valence-electron chi connectivity index (χ1n) is 8.16. The number of aromatic nitrogens is 1. The third-order valence-electron chi connectivity index (χ3n) is 3.58. The third-order valence-corrected chi connectivity index (χ3v) is 3.58. The Balaban J connectivity index is 2.50. The average molecular weight is 359 g/mol. The smallest absolute Gasteiger partial charge is 0.348 e. The van der Waals surface area contributed by atoms with Gasteiger partial charge in [0.2, 0.25) is 0 Å². The van der Waals surface area contributed by atoms with Crippen LogP contribution < -0.4 is 5.32 Å². The van der Waals surface area contributed by atoms with Gasteiger partial charge in [-0.2, -0.15) is 13.2 Å². The fourth-order valence-corrected chi connectivity index (χ4v) is 2.54. The number of amides is 2. The topological polar surface area (TPSA) is 62.3 Å². The van der Waals surface area contributed by atoms with Crippen molar-refractivity contribution in [2.45, 2.75) is 58.8 Å². The molecule has 0 atom stereocenters. The summed E-state index contributed by atoms with van der Waals surface area (Å²) in [5.41, 5.74) is -0.456. The Morgan fingerprint density at radius 3 is 2.32 bits per heavy atom. The fourth-order valence-electron chi connectivity index (χ4n) is 2.54. The summed E-state index contributed by atoms with van der Waals surface area (Å²) in [6.07, 6.45) is -2.60. The van der Waals surface area contributed by atoms with Crippen LogP contribution in [0.3, 0.4) is 0 Å². The summed E-state index contributed by atoms with van der Waals surface area (Å²) in [6.45, 7) is 7.51. The SMILES string of the molecule is CC(C)N(C(=O)C(=O)NCCCc1ccnc(C(F)(F)F)c1)C(C)C. The maximum atomic E-state index is 12.6. The monoisotopic (exact) mass is 359 g/mol. The van der Waals surface area contributed by atoms with Crippen molar-refractivity contribution in [3.8, 4) is 0 Å². The van der Waals surface area contributed by atoms with Crippen LogP contribution >= 0.6 is 0 Å². The minimum Gasteiger partial charge on any atom is -0.348 e. The van der Waals surface area contributed by atoms with Crippen LogP contribution in [0.15, 0.2) is 18.3 Å². The number of aryl methyl sites for hydroxylation is 1. The second-order valence-corrected chi connectivity index (χ2v) is 6.31. The molecule has 0 aromatic carbocycles. The average Bonchev–Trinajstić information content (AvgIpc) is 2.50. The Labute approximate surface area is 145 Å². The lowest BCUT2D eigenvalue weighted by Crippen LogP contribution is -2.49. The predicted molar refractivity (Wildman–Crippen MR) is 87.7 cm³/mol. The van der Waals surface area contributed by atoms with Gasteiger partial charge in [-0.1, -0.05) is 0 Å². The Kier molecular flexibility index (Phi) is 7.38. The minimum atomic E-state index is -4.48. The van der Waals surface area contributed by atoms with E-state index in [9.17, 15) is 22.8 Å². The van der Waals surface area contributed by atoms with Crippen LogP contribution in [0.5, 0.6) is 0 Å². The highest BCUT2D eigenvalue weighted by molar-refractivity contribution is 6.35. The molecule has 1 rings (SSSR count). The highest BCUT2D eigenvalue weighted by Crippen LogP contribution is 2.27. The van der Waals surface area contributed by atoms with Crippen LogP contribution in [0.4, 0.5) is 13.2 Å². The Bertz CT molecular complexity index is 593. The summed E-state index contributed by atoms with van der Waals surface area (Å²) < 4.78 is 37.8. The van der Waals surface area contributed by atoms with Crippen LogP contribution in [-0.4, -0.2) is 40.3 Å². The van der Waals surface area contributed by atoms with Crippen molar-refractivity contribution < 1.29 is 22.8 Å². The number of alkyl halides is 3. The highest BCUT2D eigenvalue weighted by atomic mass is 19.4. The van der Waals surface area contributed by atoms with E-state index in [-0.39, 0.29) is 18.6 Å².